The van der Waals surface area contributed by atoms with Crippen molar-refractivity contribution in [3.8, 4) is 0 Å². The van der Waals surface area contributed by atoms with Crippen LogP contribution in [0.2, 0.25) is 0 Å². The van der Waals surface area contributed by atoms with E-state index >= 15 is 0 Å². The first kappa shape index (κ1) is 17.5. The first-order chi connectivity index (χ1) is 13.0. The molecule has 2 aromatic rings. The molecule has 0 bridgehead atoms. The summed E-state index contributed by atoms with van der Waals surface area (Å²) in [5.74, 6) is -0.179. The number of nitrogens with one attached hydrogen (secondary N) is 2. The van der Waals surface area contributed by atoms with Crippen molar-refractivity contribution in [1.29, 1.82) is 0 Å². The number of hydrogen-bond donors (Lipinski definition) is 2. The first-order valence-corrected chi connectivity index (χ1v) is 9.33. The highest BCUT2D eigenvalue weighted by Crippen LogP contribution is 2.31. The lowest BCUT2D eigenvalue weighted by atomic mass is 9.96. The van der Waals surface area contributed by atoms with Crippen molar-refractivity contribution in [3.05, 3.63) is 45.0 Å². The van der Waals surface area contributed by atoms with Gasteiger partial charge >= 0.3 is 0 Å². The van der Waals surface area contributed by atoms with Crippen molar-refractivity contribution in [3.63, 3.8) is 0 Å². The number of amides is 2. The molecular weight excluding hydrogens is 348 g/mol. The first-order valence-electron chi connectivity index (χ1n) is 9.33. The Morgan fingerprint density at radius 2 is 1.85 bits per heavy atom. The van der Waals surface area contributed by atoms with Crippen molar-refractivity contribution in [2.45, 2.75) is 38.3 Å². The van der Waals surface area contributed by atoms with Crippen LogP contribution in [0.15, 0.2) is 33.9 Å². The lowest BCUT2D eigenvalue weighted by Crippen LogP contribution is -2.47. The van der Waals surface area contributed by atoms with Crippen molar-refractivity contribution in [2.75, 3.05) is 13.1 Å². The summed E-state index contributed by atoms with van der Waals surface area (Å²) >= 11 is 0. The Hall–Kier alpha value is -2.90. The molecule has 2 heterocycles. The van der Waals surface area contributed by atoms with Crippen LogP contribution >= 0.6 is 0 Å². The molecule has 2 aliphatic rings. The molecule has 8 nitrogen and oxygen atoms in total. The van der Waals surface area contributed by atoms with Gasteiger partial charge in [0.25, 0.3) is 11.1 Å². The van der Waals surface area contributed by atoms with Gasteiger partial charge < -0.3 is 10.2 Å². The third-order valence-corrected chi connectivity index (χ3v) is 5.32. The Morgan fingerprint density at radius 1 is 1.11 bits per heavy atom. The van der Waals surface area contributed by atoms with E-state index in [1.54, 1.807) is 24.3 Å². The maximum atomic E-state index is 12.5. The Balaban J connectivity index is 1.38. The minimum Gasteiger partial charge on any atom is -0.354 e. The summed E-state index contributed by atoms with van der Waals surface area (Å²) in [4.78, 5) is 50.8. The molecule has 1 aliphatic heterocycles. The van der Waals surface area contributed by atoms with E-state index in [0.29, 0.717) is 36.2 Å². The summed E-state index contributed by atoms with van der Waals surface area (Å²) in [7, 11) is 0. The molecule has 27 heavy (non-hydrogen) atoms. The Kier molecular flexibility index (Phi) is 4.55. The fourth-order valence-electron chi connectivity index (χ4n) is 3.66. The van der Waals surface area contributed by atoms with E-state index in [1.807, 2.05) is 4.90 Å². The number of aromatic nitrogens is 2. The van der Waals surface area contributed by atoms with Gasteiger partial charge in [0.2, 0.25) is 11.8 Å². The van der Waals surface area contributed by atoms with Crippen LogP contribution in [0, 0.1) is 5.92 Å². The topological polar surface area (TPSA) is 104 Å². The molecule has 8 heteroatoms. The molecule has 1 aromatic heterocycles. The van der Waals surface area contributed by atoms with Crippen LogP contribution in [0.4, 0.5) is 0 Å². The van der Waals surface area contributed by atoms with Crippen LogP contribution in [-0.2, 0) is 16.1 Å². The number of carbonyl (C=O) groups is 2. The number of fused-ring (bicyclic) bond motifs is 1. The van der Waals surface area contributed by atoms with E-state index in [0.717, 1.165) is 12.8 Å². The zero-order valence-electron chi connectivity index (χ0n) is 14.9. The quantitative estimate of drug-likeness (QED) is 0.785. The van der Waals surface area contributed by atoms with Crippen molar-refractivity contribution in [2.24, 2.45) is 5.92 Å². The summed E-state index contributed by atoms with van der Waals surface area (Å²) in [5.41, 5.74) is -0.620. The molecule has 142 valence electrons. The normalized spacial score (nSPS) is 20.1. The second kappa shape index (κ2) is 7.02. The monoisotopic (exact) mass is 370 g/mol. The van der Waals surface area contributed by atoms with E-state index in [1.165, 1.54) is 4.68 Å². The molecule has 4 rings (SSSR count). The molecule has 1 atom stereocenters. The van der Waals surface area contributed by atoms with Crippen LogP contribution in [0.5, 0.6) is 0 Å². The highest BCUT2D eigenvalue weighted by Gasteiger charge is 2.38. The minimum atomic E-state index is -0.331. The number of H-pyrrole nitrogens is 1. The molecule has 1 saturated heterocycles. The number of rotatable bonds is 5. The molecule has 2 amide bonds. The molecule has 0 radical (unpaired) electrons. The lowest BCUT2D eigenvalue weighted by Gasteiger charge is -2.32. The summed E-state index contributed by atoms with van der Waals surface area (Å²) in [6.07, 6.45) is 3.02. The summed E-state index contributed by atoms with van der Waals surface area (Å²) < 4.78 is 1.23. The van der Waals surface area contributed by atoms with E-state index in [4.69, 9.17) is 0 Å². The molecule has 1 unspecified atom stereocenters. The van der Waals surface area contributed by atoms with Crippen molar-refractivity contribution in [1.82, 2.24) is 20.0 Å². The Bertz CT molecular complexity index is 1000. The highest BCUT2D eigenvalue weighted by atomic mass is 16.2. The van der Waals surface area contributed by atoms with Gasteiger partial charge in [-0.25, -0.2) is 4.68 Å². The summed E-state index contributed by atoms with van der Waals surface area (Å²) in [5, 5.41) is 6.10. The standard InChI is InChI=1S/C19H22N4O4/c24-16-8-5-12(11-22(16)13-6-7-13)17(25)20-9-10-23-19(27)15-4-2-1-3-14(15)18(26)21-23/h1-4,12-13H,5-11H2,(H,20,25)(H,21,26). The van der Waals surface area contributed by atoms with Gasteiger partial charge in [0.1, 0.15) is 0 Å². The van der Waals surface area contributed by atoms with E-state index < -0.39 is 0 Å². The van der Waals surface area contributed by atoms with E-state index in [2.05, 4.69) is 10.4 Å². The van der Waals surface area contributed by atoms with Gasteiger partial charge in [-0.05, 0) is 31.4 Å². The molecule has 1 saturated carbocycles. The fourth-order valence-corrected chi connectivity index (χ4v) is 3.66. The number of hydrogen-bond acceptors (Lipinski definition) is 4. The molecule has 2 fully saturated rings. The molecule has 1 aromatic carbocycles. The SMILES string of the molecule is O=C(NCCn1[nH]c(=O)c2ccccc2c1=O)C1CCC(=O)N(C2CC2)C1. The number of carbonyl (C=O) groups excluding carboxylic acids is 2. The Morgan fingerprint density at radius 3 is 2.59 bits per heavy atom. The van der Waals surface area contributed by atoms with Gasteiger partial charge in [-0.3, -0.25) is 24.3 Å². The van der Waals surface area contributed by atoms with Crippen molar-refractivity contribution >= 4 is 22.6 Å². The van der Waals surface area contributed by atoms with Gasteiger partial charge in [-0.2, -0.15) is 0 Å². The maximum Gasteiger partial charge on any atom is 0.273 e. The number of nitrogens with zero attached hydrogens (tertiary/aromatic N) is 2. The average molecular weight is 370 g/mol. The zero-order chi connectivity index (χ0) is 19.0. The van der Waals surface area contributed by atoms with Crippen LogP contribution in [-0.4, -0.2) is 45.6 Å². The smallest absolute Gasteiger partial charge is 0.273 e. The van der Waals surface area contributed by atoms with Gasteiger partial charge in [0.05, 0.1) is 23.2 Å². The van der Waals surface area contributed by atoms with Crippen LogP contribution in [0.25, 0.3) is 10.8 Å². The second-order valence-electron chi connectivity index (χ2n) is 7.25. The third kappa shape index (κ3) is 3.51. The maximum absolute atomic E-state index is 12.5. The molecular formula is C19H22N4O4. The molecule has 2 N–H and O–H groups in total. The summed E-state index contributed by atoms with van der Waals surface area (Å²) in [6.45, 7) is 0.894. The number of benzene rings is 1. The fraction of sp³-hybridized carbons (Fsp3) is 0.474. The predicted molar refractivity (Wildman–Crippen MR) is 99.3 cm³/mol. The van der Waals surface area contributed by atoms with Crippen LogP contribution < -0.4 is 16.4 Å². The second-order valence-corrected chi connectivity index (χ2v) is 7.25. The molecule has 1 aliphatic carbocycles. The minimum absolute atomic E-state index is 0.107. The largest absolute Gasteiger partial charge is 0.354 e. The third-order valence-electron chi connectivity index (χ3n) is 5.32. The predicted octanol–water partition coefficient (Wildman–Crippen LogP) is 0.207. The van der Waals surface area contributed by atoms with Gasteiger partial charge in [-0.1, -0.05) is 12.1 Å². The van der Waals surface area contributed by atoms with Gasteiger partial charge in [0, 0.05) is 25.6 Å². The summed E-state index contributed by atoms with van der Waals surface area (Å²) in [6, 6.07) is 6.96. The zero-order valence-corrected chi connectivity index (χ0v) is 14.9. The average Bonchev–Trinajstić information content (AvgIpc) is 3.51. The number of likely N-dealkylation sites (tertiary alicyclic amines) is 1. The number of piperidine rings is 1. The molecule has 0 spiro atoms. The van der Waals surface area contributed by atoms with Crippen LogP contribution in [0.1, 0.15) is 25.7 Å². The number of aromatic amines is 1. The lowest BCUT2D eigenvalue weighted by molar-refractivity contribution is -0.138. The highest BCUT2D eigenvalue weighted by molar-refractivity contribution is 5.84. The van der Waals surface area contributed by atoms with Gasteiger partial charge in [0.15, 0.2) is 0 Å². The van der Waals surface area contributed by atoms with Gasteiger partial charge in [-0.15, -0.1) is 0 Å². The van der Waals surface area contributed by atoms with E-state index in [9.17, 15) is 19.2 Å². The van der Waals surface area contributed by atoms with Crippen LogP contribution in [0.3, 0.4) is 0 Å². The van der Waals surface area contributed by atoms with E-state index in [-0.39, 0.29) is 41.9 Å². The van der Waals surface area contributed by atoms with Crippen molar-refractivity contribution < 1.29 is 9.59 Å². The Labute approximate surface area is 155 Å².